The lowest BCUT2D eigenvalue weighted by Crippen LogP contribution is -2.33. The maximum atomic E-state index is 14.4. The number of benzene rings is 3. The van der Waals surface area contributed by atoms with Crippen molar-refractivity contribution in [2.45, 2.75) is 33.0 Å². The van der Waals surface area contributed by atoms with Crippen LogP contribution in [0.3, 0.4) is 0 Å². The van der Waals surface area contributed by atoms with Gasteiger partial charge in [-0.25, -0.2) is 13.5 Å². The third kappa shape index (κ3) is 5.17. The fourth-order valence-electron chi connectivity index (χ4n) is 4.99. The van der Waals surface area contributed by atoms with E-state index in [0.29, 0.717) is 55.2 Å². The Morgan fingerprint density at radius 1 is 1.05 bits per heavy atom. The highest BCUT2D eigenvalue weighted by atomic mass is 19.1. The van der Waals surface area contributed by atoms with E-state index in [-0.39, 0.29) is 24.1 Å². The summed E-state index contributed by atoms with van der Waals surface area (Å²) in [5.41, 5.74) is 4.47. The van der Waals surface area contributed by atoms with Crippen molar-refractivity contribution < 1.29 is 18.3 Å². The van der Waals surface area contributed by atoms with Gasteiger partial charge in [-0.1, -0.05) is 36.4 Å². The van der Waals surface area contributed by atoms with Crippen LogP contribution in [0.5, 0.6) is 5.75 Å². The molecule has 2 heterocycles. The Balaban J connectivity index is 1.49. The standard InChI is InChI=1S/C30H30F2N4O2/c1-3-35(30(37)24-12-5-7-14-29(24)38-2)20-27-25-19-34(18-21-9-4-6-13-26(21)32)16-15-28(25)36(33-27)23-11-8-10-22(31)17-23/h4-14,17H,3,15-16,18-20H2,1-2H3. The van der Waals surface area contributed by atoms with Crippen LogP contribution in [-0.2, 0) is 26.1 Å². The van der Waals surface area contributed by atoms with Gasteiger partial charge in [0.25, 0.3) is 5.91 Å². The number of rotatable bonds is 8. The number of methoxy groups -OCH3 is 1. The molecule has 196 valence electrons. The molecule has 0 atom stereocenters. The summed E-state index contributed by atoms with van der Waals surface area (Å²) in [6.07, 6.45) is 0.667. The van der Waals surface area contributed by atoms with Gasteiger partial charge in [-0.2, -0.15) is 5.10 Å². The molecule has 0 fully saturated rings. The molecule has 0 radical (unpaired) electrons. The summed E-state index contributed by atoms with van der Waals surface area (Å²) < 4.78 is 35.7. The molecule has 0 saturated heterocycles. The van der Waals surface area contributed by atoms with E-state index in [1.807, 2.05) is 31.2 Å². The number of halogens is 2. The van der Waals surface area contributed by atoms with Gasteiger partial charge in [0.15, 0.2) is 0 Å². The molecule has 4 aromatic rings. The zero-order valence-corrected chi connectivity index (χ0v) is 21.5. The first-order chi connectivity index (χ1) is 18.5. The van der Waals surface area contributed by atoms with E-state index in [2.05, 4.69) is 4.90 Å². The molecule has 6 nitrogen and oxygen atoms in total. The predicted molar refractivity (Wildman–Crippen MR) is 141 cm³/mol. The molecule has 0 spiro atoms. The van der Waals surface area contributed by atoms with E-state index >= 15 is 0 Å². The molecule has 0 saturated carbocycles. The number of fused-ring (bicyclic) bond motifs is 1. The minimum absolute atomic E-state index is 0.155. The number of carbonyl (C=O) groups excluding carboxylic acids is 1. The Morgan fingerprint density at radius 3 is 2.61 bits per heavy atom. The average Bonchev–Trinajstić information content (AvgIpc) is 3.30. The zero-order valence-electron chi connectivity index (χ0n) is 21.5. The summed E-state index contributed by atoms with van der Waals surface area (Å²) in [5, 5.41) is 4.89. The van der Waals surface area contributed by atoms with Crippen LogP contribution in [-0.4, -0.2) is 45.7 Å². The first-order valence-corrected chi connectivity index (χ1v) is 12.7. The number of aromatic nitrogens is 2. The first kappa shape index (κ1) is 25.6. The molecule has 0 aliphatic carbocycles. The molecule has 0 unspecified atom stereocenters. The van der Waals surface area contributed by atoms with Gasteiger partial charge in [-0.05, 0) is 43.3 Å². The van der Waals surface area contributed by atoms with Crippen molar-refractivity contribution in [3.05, 3.63) is 113 Å². The molecule has 5 rings (SSSR count). The molecule has 0 bridgehead atoms. The molecule has 1 amide bonds. The van der Waals surface area contributed by atoms with Crippen molar-refractivity contribution in [2.75, 3.05) is 20.2 Å². The first-order valence-electron chi connectivity index (χ1n) is 12.7. The van der Waals surface area contributed by atoms with Gasteiger partial charge in [-0.15, -0.1) is 0 Å². The quantitative estimate of drug-likeness (QED) is 0.316. The zero-order chi connectivity index (χ0) is 26.6. The van der Waals surface area contributed by atoms with Crippen LogP contribution in [0.15, 0.2) is 72.8 Å². The molecule has 1 aliphatic heterocycles. The van der Waals surface area contributed by atoms with E-state index in [4.69, 9.17) is 9.84 Å². The minimum atomic E-state index is -0.341. The number of hydrogen-bond acceptors (Lipinski definition) is 4. The molecular weight excluding hydrogens is 486 g/mol. The van der Waals surface area contributed by atoms with Gasteiger partial charge in [0, 0.05) is 43.7 Å². The van der Waals surface area contributed by atoms with E-state index in [0.717, 1.165) is 17.0 Å². The van der Waals surface area contributed by atoms with Crippen LogP contribution < -0.4 is 4.74 Å². The summed E-state index contributed by atoms with van der Waals surface area (Å²) in [7, 11) is 1.55. The lowest BCUT2D eigenvalue weighted by molar-refractivity contribution is 0.0746. The molecule has 8 heteroatoms. The summed E-state index contributed by atoms with van der Waals surface area (Å²) in [5.74, 6) is -0.210. The van der Waals surface area contributed by atoms with Gasteiger partial charge in [-0.3, -0.25) is 9.69 Å². The molecule has 1 aromatic heterocycles. The van der Waals surface area contributed by atoms with Crippen molar-refractivity contribution in [3.8, 4) is 11.4 Å². The summed E-state index contributed by atoms with van der Waals surface area (Å²) in [6, 6.07) is 20.3. The molecular formula is C30H30F2N4O2. The minimum Gasteiger partial charge on any atom is -0.496 e. The fraction of sp³-hybridized carbons (Fsp3) is 0.267. The second-order valence-electron chi connectivity index (χ2n) is 9.34. The third-order valence-electron chi connectivity index (χ3n) is 6.97. The van der Waals surface area contributed by atoms with Crippen molar-refractivity contribution in [1.82, 2.24) is 19.6 Å². The molecule has 1 aliphatic rings. The lowest BCUT2D eigenvalue weighted by atomic mass is 10.0. The van der Waals surface area contributed by atoms with Crippen LogP contribution in [0, 0.1) is 11.6 Å². The summed E-state index contributed by atoms with van der Waals surface area (Å²) in [6.45, 7) is 4.40. The summed E-state index contributed by atoms with van der Waals surface area (Å²) >= 11 is 0. The topological polar surface area (TPSA) is 50.6 Å². The maximum Gasteiger partial charge on any atom is 0.257 e. The van der Waals surface area contributed by atoms with E-state index in [1.54, 1.807) is 47.0 Å². The largest absolute Gasteiger partial charge is 0.496 e. The van der Waals surface area contributed by atoms with Crippen molar-refractivity contribution in [3.63, 3.8) is 0 Å². The van der Waals surface area contributed by atoms with E-state index < -0.39 is 0 Å². The Labute approximate surface area is 221 Å². The SMILES string of the molecule is CCN(Cc1nn(-c2cccc(F)c2)c2c1CN(Cc1ccccc1F)CC2)C(=O)c1ccccc1OC. The van der Waals surface area contributed by atoms with Gasteiger partial charge >= 0.3 is 0 Å². The highest BCUT2D eigenvalue weighted by Gasteiger charge is 2.28. The third-order valence-corrected chi connectivity index (χ3v) is 6.97. The van der Waals surface area contributed by atoms with Gasteiger partial charge in [0.2, 0.25) is 0 Å². The number of hydrogen-bond donors (Lipinski definition) is 0. The van der Waals surface area contributed by atoms with Crippen LogP contribution in [0.2, 0.25) is 0 Å². The molecule has 3 aromatic carbocycles. The summed E-state index contributed by atoms with van der Waals surface area (Å²) in [4.78, 5) is 17.4. The number of carbonyl (C=O) groups is 1. The van der Waals surface area contributed by atoms with Crippen molar-refractivity contribution in [1.29, 1.82) is 0 Å². The van der Waals surface area contributed by atoms with Crippen LogP contribution in [0.25, 0.3) is 5.69 Å². The second kappa shape index (κ2) is 11.1. The average molecular weight is 517 g/mol. The van der Waals surface area contributed by atoms with E-state index in [9.17, 15) is 13.6 Å². The maximum absolute atomic E-state index is 14.4. The second-order valence-corrected chi connectivity index (χ2v) is 9.34. The Morgan fingerprint density at radius 2 is 1.84 bits per heavy atom. The number of nitrogens with zero attached hydrogens (tertiary/aromatic N) is 4. The van der Waals surface area contributed by atoms with Crippen molar-refractivity contribution in [2.24, 2.45) is 0 Å². The fourth-order valence-corrected chi connectivity index (χ4v) is 4.99. The van der Waals surface area contributed by atoms with Gasteiger partial charge in [0.1, 0.15) is 17.4 Å². The van der Waals surface area contributed by atoms with Crippen LogP contribution in [0.4, 0.5) is 8.78 Å². The lowest BCUT2D eigenvalue weighted by Gasteiger charge is -2.28. The Hall–Kier alpha value is -4.04. The normalized spacial score (nSPS) is 13.3. The Bertz CT molecular complexity index is 1450. The van der Waals surface area contributed by atoms with Crippen LogP contribution in [0.1, 0.15) is 39.8 Å². The molecule has 0 N–H and O–H groups in total. The van der Waals surface area contributed by atoms with Crippen LogP contribution >= 0.6 is 0 Å². The Kier molecular flexibility index (Phi) is 7.51. The van der Waals surface area contributed by atoms with Crippen molar-refractivity contribution >= 4 is 5.91 Å². The predicted octanol–water partition coefficient (Wildman–Crippen LogP) is 5.38. The smallest absolute Gasteiger partial charge is 0.257 e. The number of amides is 1. The van der Waals surface area contributed by atoms with Gasteiger partial charge < -0.3 is 9.64 Å². The number of ether oxygens (including phenoxy) is 1. The van der Waals surface area contributed by atoms with Gasteiger partial charge in [0.05, 0.1) is 36.3 Å². The monoisotopic (exact) mass is 516 g/mol. The highest BCUT2D eigenvalue weighted by molar-refractivity contribution is 5.96. The highest BCUT2D eigenvalue weighted by Crippen LogP contribution is 2.29. The van der Waals surface area contributed by atoms with E-state index in [1.165, 1.54) is 18.2 Å². The molecule has 38 heavy (non-hydrogen) atoms. The number of para-hydroxylation sites is 1.